The molecule has 0 saturated carbocycles. The molecule has 0 spiro atoms. The fourth-order valence-corrected chi connectivity index (χ4v) is 2.16. The minimum Gasteiger partial charge on any atom is -0.316 e. The van der Waals surface area contributed by atoms with Gasteiger partial charge in [-0.15, -0.1) is 0 Å². The molecule has 2 rings (SSSR count). The second-order valence-corrected chi connectivity index (χ2v) is 4.86. The summed E-state index contributed by atoms with van der Waals surface area (Å²) >= 11 is 3.40. The van der Waals surface area contributed by atoms with Crippen LogP contribution < -0.4 is 5.32 Å². The first-order valence-electron chi connectivity index (χ1n) is 5.23. The van der Waals surface area contributed by atoms with Crippen LogP contribution in [0.15, 0.2) is 28.7 Å². The van der Waals surface area contributed by atoms with Crippen LogP contribution in [-0.4, -0.2) is 18.9 Å². The number of Topliss-reactive ketones (excluding diaryl/α,β-unsaturated/α-hetero) is 1. The molecular formula is C12H14BrNO. The van der Waals surface area contributed by atoms with Gasteiger partial charge in [0.25, 0.3) is 0 Å². The summed E-state index contributed by atoms with van der Waals surface area (Å²) in [6.07, 6.45) is 1.54. The minimum absolute atomic E-state index is 0.167. The predicted molar refractivity (Wildman–Crippen MR) is 63.8 cm³/mol. The van der Waals surface area contributed by atoms with Crippen molar-refractivity contribution in [3.63, 3.8) is 0 Å². The van der Waals surface area contributed by atoms with E-state index in [1.54, 1.807) is 0 Å². The van der Waals surface area contributed by atoms with Gasteiger partial charge in [0.05, 0.1) is 0 Å². The van der Waals surface area contributed by atoms with Gasteiger partial charge in [-0.2, -0.15) is 0 Å². The van der Waals surface area contributed by atoms with Crippen molar-refractivity contribution < 1.29 is 4.79 Å². The zero-order chi connectivity index (χ0) is 10.7. The Morgan fingerprint density at radius 3 is 2.73 bits per heavy atom. The van der Waals surface area contributed by atoms with Gasteiger partial charge in [0.1, 0.15) is 5.78 Å². The summed E-state index contributed by atoms with van der Waals surface area (Å²) in [4.78, 5) is 11.6. The Balaban J connectivity index is 2.01. The number of ketones is 1. The molecule has 0 bridgehead atoms. The molecule has 0 radical (unpaired) electrons. The maximum atomic E-state index is 11.6. The largest absolute Gasteiger partial charge is 0.316 e. The van der Waals surface area contributed by atoms with Crippen LogP contribution in [0, 0.1) is 5.92 Å². The third-order valence-electron chi connectivity index (χ3n) is 2.79. The van der Waals surface area contributed by atoms with Crippen LogP contribution in [0.2, 0.25) is 0 Å². The molecule has 1 aliphatic rings. The second-order valence-electron chi connectivity index (χ2n) is 3.95. The van der Waals surface area contributed by atoms with E-state index in [9.17, 15) is 4.79 Å². The Bertz CT molecular complexity index is 347. The lowest BCUT2D eigenvalue weighted by Gasteiger charge is -2.21. The fraction of sp³-hybridized carbons (Fsp3) is 0.417. The molecule has 15 heavy (non-hydrogen) atoms. The van der Waals surface area contributed by atoms with Crippen LogP contribution in [0.3, 0.4) is 0 Å². The highest BCUT2D eigenvalue weighted by Gasteiger charge is 2.21. The molecule has 1 unspecified atom stereocenters. The number of piperidine rings is 1. The number of carbonyl (C=O) groups excluding carboxylic acids is 1. The molecule has 1 heterocycles. The van der Waals surface area contributed by atoms with Crippen LogP contribution in [0.1, 0.15) is 12.0 Å². The molecule has 1 aliphatic heterocycles. The Kier molecular flexibility index (Phi) is 3.54. The van der Waals surface area contributed by atoms with Gasteiger partial charge < -0.3 is 5.32 Å². The molecule has 2 nitrogen and oxygen atoms in total. The van der Waals surface area contributed by atoms with Crippen LogP contribution in [0.4, 0.5) is 0 Å². The molecule has 1 fully saturated rings. The van der Waals surface area contributed by atoms with Gasteiger partial charge in [-0.25, -0.2) is 0 Å². The molecule has 1 saturated heterocycles. The summed E-state index contributed by atoms with van der Waals surface area (Å²) < 4.78 is 1.08. The number of hydrogen-bond donors (Lipinski definition) is 1. The van der Waals surface area contributed by atoms with Crippen molar-refractivity contribution in [1.29, 1.82) is 0 Å². The van der Waals surface area contributed by atoms with Crippen LogP contribution >= 0.6 is 15.9 Å². The van der Waals surface area contributed by atoms with Crippen molar-refractivity contribution in [2.45, 2.75) is 12.8 Å². The van der Waals surface area contributed by atoms with E-state index in [1.165, 1.54) is 5.56 Å². The predicted octanol–water partition coefficient (Wildman–Crippen LogP) is 2.17. The SMILES string of the molecule is O=C1CCNCC1Cc1ccc(Br)cc1. The summed E-state index contributed by atoms with van der Waals surface area (Å²) in [6, 6.07) is 8.20. The van der Waals surface area contributed by atoms with Crippen LogP contribution in [0.5, 0.6) is 0 Å². The Morgan fingerprint density at radius 2 is 2.07 bits per heavy atom. The summed E-state index contributed by atoms with van der Waals surface area (Å²) in [5.74, 6) is 0.566. The number of benzene rings is 1. The average Bonchev–Trinajstić information content (AvgIpc) is 2.25. The van der Waals surface area contributed by atoms with Crippen LogP contribution in [-0.2, 0) is 11.2 Å². The van der Waals surface area contributed by atoms with Crippen molar-refractivity contribution in [2.75, 3.05) is 13.1 Å². The smallest absolute Gasteiger partial charge is 0.138 e. The van der Waals surface area contributed by atoms with E-state index in [0.717, 1.165) is 24.0 Å². The highest BCUT2D eigenvalue weighted by molar-refractivity contribution is 9.10. The standard InChI is InChI=1S/C12H14BrNO/c13-11-3-1-9(2-4-11)7-10-8-14-6-5-12(10)15/h1-4,10,14H,5-8H2. The maximum absolute atomic E-state index is 11.6. The van der Waals surface area contributed by atoms with Gasteiger partial charge in [0.15, 0.2) is 0 Å². The lowest BCUT2D eigenvalue weighted by atomic mass is 9.91. The summed E-state index contributed by atoms with van der Waals surface area (Å²) in [6.45, 7) is 1.67. The minimum atomic E-state index is 0.167. The number of nitrogens with one attached hydrogen (secondary N) is 1. The Morgan fingerprint density at radius 1 is 1.33 bits per heavy atom. The third kappa shape index (κ3) is 2.89. The first-order chi connectivity index (χ1) is 7.25. The highest BCUT2D eigenvalue weighted by Crippen LogP contribution is 2.16. The normalized spacial score (nSPS) is 21.7. The van der Waals surface area contributed by atoms with Crippen molar-refractivity contribution in [1.82, 2.24) is 5.32 Å². The van der Waals surface area contributed by atoms with E-state index in [2.05, 4.69) is 33.4 Å². The quantitative estimate of drug-likeness (QED) is 0.890. The molecule has 1 aromatic rings. The molecule has 3 heteroatoms. The van der Waals surface area contributed by atoms with Gasteiger partial charge in [-0.1, -0.05) is 28.1 Å². The van der Waals surface area contributed by atoms with Gasteiger partial charge in [-0.3, -0.25) is 4.79 Å². The average molecular weight is 268 g/mol. The monoisotopic (exact) mass is 267 g/mol. The third-order valence-corrected chi connectivity index (χ3v) is 3.32. The number of hydrogen-bond acceptors (Lipinski definition) is 2. The zero-order valence-electron chi connectivity index (χ0n) is 8.50. The molecule has 1 atom stereocenters. The van der Waals surface area contributed by atoms with Gasteiger partial charge in [-0.05, 0) is 24.1 Å². The summed E-state index contributed by atoms with van der Waals surface area (Å²) in [5, 5.41) is 3.27. The van der Waals surface area contributed by atoms with Crippen molar-refractivity contribution >= 4 is 21.7 Å². The number of halogens is 1. The molecule has 1 N–H and O–H groups in total. The van der Waals surface area contributed by atoms with Crippen LogP contribution in [0.25, 0.3) is 0 Å². The van der Waals surface area contributed by atoms with Gasteiger partial charge in [0, 0.05) is 29.9 Å². The molecule has 0 aliphatic carbocycles. The maximum Gasteiger partial charge on any atom is 0.138 e. The van der Waals surface area contributed by atoms with E-state index >= 15 is 0 Å². The molecule has 0 aromatic heterocycles. The Labute approximate surface area is 98.2 Å². The number of rotatable bonds is 2. The topological polar surface area (TPSA) is 29.1 Å². The second kappa shape index (κ2) is 4.90. The summed E-state index contributed by atoms with van der Waals surface area (Å²) in [7, 11) is 0. The molecule has 1 aromatic carbocycles. The summed E-state index contributed by atoms with van der Waals surface area (Å²) in [5.41, 5.74) is 1.24. The molecule has 80 valence electrons. The van der Waals surface area contributed by atoms with Crippen molar-refractivity contribution in [2.24, 2.45) is 5.92 Å². The highest BCUT2D eigenvalue weighted by atomic mass is 79.9. The molecule has 0 amide bonds. The zero-order valence-corrected chi connectivity index (χ0v) is 10.1. The van der Waals surface area contributed by atoms with E-state index in [1.807, 2.05) is 12.1 Å². The van der Waals surface area contributed by atoms with E-state index in [4.69, 9.17) is 0 Å². The first-order valence-corrected chi connectivity index (χ1v) is 6.03. The van der Waals surface area contributed by atoms with E-state index < -0.39 is 0 Å². The lowest BCUT2D eigenvalue weighted by molar-refractivity contribution is -0.123. The fourth-order valence-electron chi connectivity index (χ4n) is 1.90. The first kappa shape index (κ1) is 10.8. The molecular weight excluding hydrogens is 254 g/mol. The van der Waals surface area contributed by atoms with E-state index in [-0.39, 0.29) is 5.92 Å². The van der Waals surface area contributed by atoms with Crippen molar-refractivity contribution in [3.8, 4) is 0 Å². The van der Waals surface area contributed by atoms with Crippen molar-refractivity contribution in [3.05, 3.63) is 34.3 Å². The lowest BCUT2D eigenvalue weighted by Crippen LogP contribution is -2.37. The van der Waals surface area contributed by atoms with E-state index in [0.29, 0.717) is 12.2 Å². The Hall–Kier alpha value is -0.670. The van der Waals surface area contributed by atoms with Gasteiger partial charge >= 0.3 is 0 Å². The van der Waals surface area contributed by atoms with Gasteiger partial charge in [0.2, 0.25) is 0 Å². The number of carbonyl (C=O) groups is 1.